The number of likely N-dealkylation sites (tertiary alicyclic amines) is 2. The van der Waals surface area contributed by atoms with Crippen molar-refractivity contribution in [2.24, 2.45) is 0 Å². The summed E-state index contributed by atoms with van der Waals surface area (Å²) >= 11 is 0. The molecule has 3 aliphatic rings. The smallest absolute Gasteiger partial charge is 0.0235 e. The summed E-state index contributed by atoms with van der Waals surface area (Å²) in [6.45, 7) is 9.07. The number of nitrogens with one attached hydrogen (secondary N) is 1. The van der Waals surface area contributed by atoms with Crippen molar-refractivity contribution in [3.63, 3.8) is 0 Å². The van der Waals surface area contributed by atoms with Crippen molar-refractivity contribution in [2.45, 2.75) is 76.4 Å². The second-order valence-electron chi connectivity index (χ2n) is 7.27. The lowest BCUT2D eigenvalue weighted by atomic mass is 9.98. The van der Waals surface area contributed by atoms with Crippen molar-refractivity contribution < 1.29 is 0 Å². The maximum absolute atomic E-state index is 3.71. The summed E-state index contributed by atoms with van der Waals surface area (Å²) in [6, 6.07) is 2.41. The van der Waals surface area contributed by atoms with Gasteiger partial charge in [0, 0.05) is 31.2 Å². The van der Waals surface area contributed by atoms with Gasteiger partial charge in [-0.2, -0.15) is 0 Å². The van der Waals surface area contributed by atoms with Crippen LogP contribution in [0.5, 0.6) is 0 Å². The molecule has 0 spiro atoms. The first-order valence-corrected chi connectivity index (χ1v) is 9.04. The monoisotopic (exact) mass is 279 g/mol. The summed E-state index contributed by atoms with van der Waals surface area (Å²) in [5.41, 5.74) is 0. The fraction of sp³-hybridized carbons (Fsp3) is 1.00. The number of rotatable bonds is 4. The Morgan fingerprint density at radius 3 is 2.60 bits per heavy atom. The molecule has 3 heterocycles. The molecule has 0 aromatic heterocycles. The Morgan fingerprint density at radius 1 is 1.00 bits per heavy atom. The summed E-state index contributed by atoms with van der Waals surface area (Å²) in [5, 5.41) is 3.71. The molecule has 3 aliphatic heterocycles. The third-order valence-electron chi connectivity index (χ3n) is 5.76. The molecule has 116 valence electrons. The number of piperidine rings is 2. The second-order valence-corrected chi connectivity index (χ2v) is 7.27. The van der Waals surface area contributed by atoms with E-state index in [-0.39, 0.29) is 0 Å². The number of hydrogen-bond acceptors (Lipinski definition) is 3. The van der Waals surface area contributed by atoms with Crippen molar-refractivity contribution in [2.75, 3.05) is 32.7 Å². The quantitative estimate of drug-likeness (QED) is 0.853. The average Bonchev–Trinajstić information content (AvgIpc) is 2.99. The van der Waals surface area contributed by atoms with Crippen LogP contribution < -0.4 is 5.32 Å². The molecule has 0 aromatic carbocycles. The molecule has 0 aromatic rings. The van der Waals surface area contributed by atoms with Crippen LogP contribution in [0.2, 0.25) is 0 Å². The molecular weight excluding hydrogens is 246 g/mol. The molecule has 3 rings (SSSR count). The zero-order chi connectivity index (χ0) is 13.8. The Labute approximate surface area is 125 Å². The molecule has 3 nitrogen and oxygen atoms in total. The predicted molar refractivity (Wildman–Crippen MR) is 85.1 cm³/mol. The SMILES string of the molecule is CC(CC1CCCCN1)N1CCC(N2CCCCC2)C1. The van der Waals surface area contributed by atoms with Gasteiger partial charge in [-0.25, -0.2) is 0 Å². The number of nitrogens with zero attached hydrogens (tertiary/aromatic N) is 2. The van der Waals surface area contributed by atoms with Crippen LogP contribution in [0.3, 0.4) is 0 Å². The second kappa shape index (κ2) is 7.24. The highest BCUT2D eigenvalue weighted by Crippen LogP contribution is 2.24. The standard InChI is InChI=1S/C17H33N3/c1-15(13-16-7-3-4-9-18-16)20-12-8-17(14-20)19-10-5-2-6-11-19/h15-18H,2-14H2,1H3. The maximum Gasteiger partial charge on any atom is 0.0235 e. The lowest BCUT2D eigenvalue weighted by molar-refractivity contribution is 0.148. The fourth-order valence-corrected chi connectivity index (χ4v) is 4.44. The Hall–Kier alpha value is -0.120. The first-order chi connectivity index (χ1) is 9.83. The van der Waals surface area contributed by atoms with Crippen molar-refractivity contribution in [3.8, 4) is 0 Å². The van der Waals surface area contributed by atoms with Crippen LogP contribution >= 0.6 is 0 Å². The van der Waals surface area contributed by atoms with Gasteiger partial charge in [0.1, 0.15) is 0 Å². The lowest BCUT2D eigenvalue weighted by Gasteiger charge is -2.34. The molecule has 3 heteroatoms. The van der Waals surface area contributed by atoms with E-state index >= 15 is 0 Å². The van der Waals surface area contributed by atoms with E-state index in [1.54, 1.807) is 0 Å². The Balaban J connectivity index is 1.43. The normalized spacial score (nSPS) is 35.2. The topological polar surface area (TPSA) is 18.5 Å². The highest BCUT2D eigenvalue weighted by Gasteiger charge is 2.31. The van der Waals surface area contributed by atoms with Gasteiger partial charge in [0.05, 0.1) is 0 Å². The highest BCUT2D eigenvalue weighted by atomic mass is 15.3. The van der Waals surface area contributed by atoms with Crippen LogP contribution in [-0.4, -0.2) is 60.6 Å². The first-order valence-electron chi connectivity index (χ1n) is 9.04. The van der Waals surface area contributed by atoms with Crippen molar-refractivity contribution >= 4 is 0 Å². The highest BCUT2D eigenvalue weighted by molar-refractivity contribution is 4.88. The van der Waals surface area contributed by atoms with Crippen LogP contribution in [0.25, 0.3) is 0 Å². The molecule has 0 aliphatic carbocycles. The summed E-state index contributed by atoms with van der Waals surface area (Å²) in [7, 11) is 0. The van der Waals surface area contributed by atoms with E-state index in [4.69, 9.17) is 0 Å². The van der Waals surface area contributed by atoms with E-state index < -0.39 is 0 Å². The maximum atomic E-state index is 3.71. The predicted octanol–water partition coefficient (Wildman–Crippen LogP) is 2.47. The molecule has 0 saturated carbocycles. The zero-order valence-electron chi connectivity index (χ0n) is 13.3. The summed E-state index contributed by atoms with van der Waals surface area (Å²) in [5.74, 6) is 0. The third-order valence-corrected chi connectivity index (χ3v) is 5.76. The number of hydrogen-bond donors (Lipinski definition) is 1. The van der Waals surface area contributed by atoms with Crippen molar-refractivity contribution in [3.05, 3.63) is 0 Å². The fourth-order valence-electron chi connectivity index (χ4n) is 4.44. The molecule has 0 bridgehead atoms. The molecule has 3 saturated heterocycles. The Bertz CT molecular complexity index is 282. The van der Waals surface area contributed by atoms with Gasteiger partial charge >= 0.3 is 0 Å². The van der Waals surface area contributed by atoms with E-state index in [0.717, 1.165) is 18.1 Å². The average molecular weight is 279 g/mol. The third kappa shape index (κ3) is 3.75. The van der Waals surface area contributed by atoms with Gasteiger partial charge in [0.25, 0.3) is 0 Å². The van der Waals surface area contributed by atoms with Gasteiger partial charge in [-0.3, -0.25) is 9.80 Å². The molecule has 1 N–H and O–H groups in total. The van der Waals surface area contributed by atoms with Crippen molar-refractivity contribution in [1.29, 1.82) is 0 Å². The molecule has 20 heavy (non-hydrogen) atoms. The molecule has 3 atom stereocenters. The lowest BCUT2D eigenvalue weighted by Crippen LogP contribution is -2.44. The van der Waals surface area contributed by atoms with Gasteiger partial charge in [-0.15, -0.1) is 0 Å². The largest absolute Gasteiger partial charge is 0.314 e. The van der Waals surface area contributed by atoms with Gasteiger partial charge in [0.2, 0.25) is 0 Å². The molecule has 3 unspecified atom stereocenters. The van der Waals surface area contributed by atoms with Crippen LogP contribution in [0.15, 0.2) is 0 Å². The van der Waals surface area contributed by atoms with E-state index in [1.165, 1.54) is 84.1 Å². The Kier molecular flexibility index (Phi) is 5.36. The van der Waals surface area contributed by atoms with Crippen LogP contribution in [0.4, 0.5) is 0 Å². The van der Waals surface area contributed by atoms with Crippen LogP contribution in [0, 0.1) is 0 Å². The molecule has 3 fully saturated rings. The molecule has 0 radical (unpaired) electrons. The van der Waals surface area contributed by atoms with Gasteiger partial charge in [0.15, 0.2) is 0 Å². The summed E-state index contributed by atoms with van der Waals surface area (Å²) in [4.78, 5) is 5.53. The molecular formula is C17H33N3. The minimum absolute atomic E-state index is 0.764. The van der Waals surface area contributed by atoms with Gasteiger partial charge in [-0.05, 0) is 65.1 Å². The van der Waals surface area contributed by atoms with Gasteiger partial charge < -0.3 is 5.32 Å². The van der Waals surface area contributed by atoms with Gasteiger partial charge in [-0.1, -0.05) is 12.8 Å². The van der Waals surface area contributed by atoms with E-state index in [0.29, 0.717) is 0 Å². The van der Waals surface area contributed by atoms with Crippen LogP contribution in [0.1, 0.15) is 58.3 Å². The summed E-state index contributed by atoms with van der Waals surface area (Å²) < 4.78 is 0. The zero-order valence-corrected chi connectivity index (χ0v) is 13.3. The first kappa shape index (κ1) is 14.8. The minimum atomic E-state index is 0.764. The molecule has 0 amide bonds. The van der Waals surface area contributed by atoms with E-state index in [2.05, 4.69) is 22.0 Å². The minimum Gasteiger partial charge on any atom is -0.314 e. The Morgan fingerprint density at radius 2 is 1.85 bits per heavy atom. The van der Waals surface area contributed by atoms with E-state index in [1.807, 2.05) is 0 Å². The van der Waals surface area contributed by atoms with Crippen molar-refractivity contribution in [1.82, 2.24) is 15.1 Å². The summed E-state index contributed by atoms with van der Waals surface area (Å²) in [6.07, 6.45) is 11.3. The van der Waals surface area contributed by atoms with E-state index in [9.17, 15) is 0 Å². The van der Waals surface area contributed by atoms with Crippen LogP contribution in [-0.2, 0) is 0 Å².